The van der Waals surface area contributed by atoms with Crippen LogP contribution in [0.4, 0.5) is 4.79 Å². The van der Waals surface area contributed by atoms with Gasteiger partial charge in [-0.2, -0.15) is 0 Å². The summed E-state index contributed by atoms with van der Waals surface area (Å²) in [5, 5.41) is 136. The summed E-state index contributed by atoms with van der Waals surface area (Å²) in [6, 6.07) is -4.06. The number of phosphoric acid groups is 1. The SMILES string of the molecule is C=C(CC=C(C)CCC=C(C)C)CCC(C)(C)C=CCCC(C)=CCOC(COP(=O)(O)OC1OC(C(N)=O)C(C)(O)C(OC(N)=O)C1OC1OC(COC2OC(CO)C(O)C(O)C2O)C(OC2OC(CO)C(OC3OC(C(N)=O)C(O)C(O)C3O)C(O)C2NC(C)=O)C(O)C1NC(C)=O)C(=O)O. The first-order valence-corrected chi connectivity index (χ1v) is 34.7. The van der Waals surface area contributed by atoms with Crippen LogP contribution in [0.15, 0.2) is 59.3 Å². The van der Waals surface area contributed by atoms with Crippen LogP contribution in [0.25, 0.3) is 0 Å². The predicted molar refractivity (Wildman–Crippen MR) is 350 cm³/mol. The number of hydrogen-bond acceptors (Lipinski definition) is 31. The molecule has 39 heteroatoms. The van der Waals surface area contributed by atoms with Crippen molar-refractivity contribution in [2.24, 2.45) is 22.6 Å². The Hall–Kier alpha value is -5.41. The Morgan fingerprint density at radius 2 is 1.17 bits per heavy atom. The summed E-state index contributed by atoms with van der Waals surface area (Å²) in [6.45, 7) is 14.4. The number of phosphoric ester groups is 1. The highest BCUT2D eigenvalue weighted by molar-refractivity contribution is 7.47. The number of aliphatic hydroxyl groups excluding tert-OH is 10. The Morgan fingerprint density at radius 1 is 0.641 bits per heavy atom. The van der Waals surface area contributed by atoms with Crippen LogP contribution in [0, 0.1) is 5.41 Å². The molecular formula is C64H104N5O33P. The maximum Gasteiger partial charge on any atom is 0.474 e. The van der Waals surface area contributed by atoms with E-state index in [0.717, 1.165) is 64.0 Å². The Morgan fingerprint density at radius 3 is 1.73 bits per heavy atom. The molecule has 5 heterocycles. The van der Waals surface area contributed by atoms with Gasteiger partial charge in [0.2, 0.25) is 23.6 Å². The van der Waals surface area contributed by atoms with Crippen molar-refractivity contribution < 1.29 is 161 Å². The predicted octanol–water partition coefficient (Wildman–Crippen LogP) is -3.82. The van der Waals surface area contributed by atoms with E-state index >= 15 is 0 Å². The molecular weight excluding hydrogens is 1400 g/mol. The van der Waals surface area contributed by atoms with Crippen molar-refractivity contribution in [2.45, 2.75) is 266 Å². The maximum atomic E-state index is 14.1. The number of ether oxygens (including phenoxy) is 11. The molecule has 27 atom stereocenters. The number of carbonyl (C=O) groups is 6. The summed E-state index contributed by atoms with van der Waals surface area (Å²) in [7, 11) is -5.84. The number of allylic oxidation sites excluding steroid dienone is 8. The van der Waals surface area contributed by atoms with Crippen LogP contribution in [0.5, 0.6) is 0 Å². The fourth-order valence-electron chi connectivity index (χ4n) is 11.7. The fraction of sp³-hybridized carbons (Fsp3) is 0.750. The zero-order valence-electron chi connectivity index (χ0n) is 58.7. The number of nitrogens with one attached hydrogen (secondary N) is 2. The van der Waals surface area contributed by atoms with Crippen molar-refractivity contribution in [2.75, 3.05) is 33.0 Å². The molecule has 5 fully saturated rings. The van der Waals surface area contributed by atoms with Crippen molar-refractivity contribution in [3.8, 4) is 0 Å². The van der Waals surface area contributed by atoms with Crippen LogP contribution in [0.2, 0.25) is 0 Å². The molecule has 5 rings (SSSR count). The molecule has 5 saturated heterocycles. The lowest BCUT2D eigenvalue weighted by atomic mass is 9.85. The first-order valence-electron chi connectivity index (χ1n) is 33.2. The van der Waals surface area contributed by atoms with Crippen LogP contribution in [-0.4, -0.2) is 294 Å². The summed E-state index contributed by atoms with van der Waals surface area (Å²) in [6.07, 6.45) is -35.5. The van der Waals surface area contributed by atoms with E-state index in [-0.39, 0.29) is 12.0 Å². The Labute approximate surface area is 594 Å². The number of aliphatic carboxylic acids is 1. The van der Waals surface area contributed by atoms with Crippen molar-refractivity contribution in [3.63, 3.8) is 0 Å². The number of carboxylic acids is 1. The number of carboxylic acid groups (broad SMARTS) is 1. The van der Waals surface area contributed by atoms with E-state index in [2.05, 4.69) is 70.1 Å². The second-order valence-electron chi connectivity index (χ2n) is 27.0. The summed E-state index contributed by atoms with van der Waals surface area (Å²) in [5.74, 6) is -6.56. The molecule has 0 spiro atoms. The first-order chi connectivity index (χ1) is 48.0. The van der Waals surface area contributed by atoms with E-state index in [1.807, 2.05) is 6.08 Å². The van der Waals surface area contributed by atoms with Crippen molar-refractivity contribution in [1.82, 2.24) is 10.6 Å². The molecule has 0 bridgehead atoms. The van der Waals surface area contributed by atoms with Gasteiger partial charge in [-0.25, -0.2) is 14.2 Å². The third-order valence-electron chi connectivity index (χ3n) is 17.6. The van der Waals surface area contributed by atoms with Gasteiger partial charge in [0.25, 0.3) is 0 Å². The summed E-state index contributed by atoms with van der Waals surface area (Å²) in [5.41, 5.74) is 17.8. The third-order valence-corrected chi connectivity index (χ3v) is 18.5. The van der Waals surface area contributed by atoms with Gasteiger partial charge in [0, 0.05) is 13.8 Å². The standard InChI is InChI=1S/C64H104N5O33P/c1-28(2)14-13-16-29(3)17-18-31(5)19-22-63(8,9)21-12-11-15-30(4)20-23-90-37(56(84)85)27-92-103(88,89)102-61-51(52(101-62(67)86)64(10,87)53(100-61)55(66)83)99-58-39(69-33(7)73)42(76)49(36(95-58)26-91-59-46(80)43(77)40(74)34(24-70)93-59)96-57-38(68-32(6)72)41(75)48(35(25-71)94-57)97-60-47(81)44(78)45(79)50(98-60)54(65)82/h12,14,17,20-21,34-53,57-61,70-71,74-81,87H,5,11,13,15-16,18-19,22-27H2,1-4,6-10H3,(H2,65,82)(H2,66,83)(H2,67,86)(H,68,72)(H,69,73)(H,84,85)(H,88,89). The van der Waals surface area contributed by atoms with Crippen LogP contribution in [-0.2, 0) is 89.7 Å². The van der Waals surface area contributed by atoms with E-state index in [0.29, 0.717) is 12.8 Å². The van der Waals surface area contributed by atoms with Crippen molar-refractivity contribution in [1.29, 1.82) is 0 Å². The lowest BCUT2D eigenvalue weighted by Crippen LogP contribution is -2.72. The quantitative estimate of drug-likeness (QED) is 0.0209. The third kappa shape index (κ3) is 25.1. The number of carbonyl (C=O) groups excluding carboxylic acids is 5. The van der Waals surface area contributed by atoms with Gasteiger partial charge < -0.3 is 146 Å². The molecule has 0 aromatic rings. The molecule has 21 N–H and O–H groups in total. The zero-order valence-corrected chi connectivity index (χ0v) is 59.6. The molecule has 5 amide bonds. The van der Waals surface area contributed by atoms with Crippen LogP contribution in [0.3, 0.4) is 0 Å². The van der Waals surface area contributed by atoms with Gasteiger partial charge in [0.1, 0.15) is 97.0 Å². The largest absolute Gasteiger partial charge is 0.479 e. The van der Waals surface area contributed by atoms with Gasteiger partial charge in [-0.1, -0.05) is 73.1 Å². The number of rotatable bonds is 37. The lowest BCUT2D eigenvalue weighted by Gasteiger charge is -2.52. The monoisotopic (exact) mass is 1500 g/mol. The highest BCUT2D eigenvalue weighted by Gasteiger charge is 2.62. The van der Waals surface area contributed by atoms with E-state index in [1.54, 1.807) is 13.0 Å². The number of aliphatic hydroxyl groups is 11. The van der Waals surface area contributed by atoms with Gasteiger partial charge in [-0.15, -0.1) is 0 Å². The molecule has 38 nitrogen and oxygen atoms in total. The number of primary amides is 3. The highest BCUT2D eigenvalue weighted by atomic mass is 31.2. The summed E-state index contributed by atoms with van der Waals surface area (Å²) in [4.78, 5) is 87.8. The zero-order chi connectivity index (χ0) is 77.3. The molecule has 5 aliphatic rings. The minimum Gasteiger partial charge on any atom is -0.479 e. The van der Waals surface area contributed by atoms with E-state index in [1.165, 1.54) is 11.1 Å². The van der Waals surface area contributed by atoms with Gasteiger partial charge in [-0.05, 0) is 85.0 Å². The summed E-state index contributed by atoms with van der Waals surface area (Å²) < 4.78 is 87.9. The van der Waals surface area contributed by atoms with Gasteiger partial charge >= 0.3 is 19.9 Å². The number of hydrogen-bond donors (Lipinski definition) is 18. The summed E-state index contributed by atoms with van der Waals surface area (Å²) >= 11 is 0. The van der Waals surface area contributed by atoms with Gasteiger partial charge in [-0.3, -0.25) is 28.2 Å². The Balaban J connectivity index is 1.43. The molecule has 588 valence electrons. The molecule has 5 aliphatic heterocycles. The topological polar surface area (TPSA) is 605 Å². The second kappa shape index (κ2) is 39.4. The number of nitrogens with two attached hydrogens (primary N) is 3. The van der Waals surface area contributed by atoms with Crippen molar-refractivity contribution >= 4 is 43.5 Å². The average Bonchev–Trinajstić information content (AvgIpc) is 0.753. The van der Waals surface area contributed by atoms with E-state index in [4.69, 9.17) is 78.4 Å². The smallest absolute Gasteiger partial charge is 0.474 e. The molecule has 0 aromatic carbocycles. The minimum absolute atomic E-state index is 0.144. The van der Waals surface area contributed by atoms with Gasteiger partial charge in [0.05, 0.1) is 33.0 Å². The van der Waals surface area contributed by atoms with Gasteiger partial charge in [0.15, 0.2) is 62.0 Å². The molecule has 0 saturated carbocycles. The van der Waals surface area contributed by atoms with E-state index in [9.17, 15) is 99.5 Å². The van der Waals surface area contributed by atoms with Crippen LogP contribution < -0.4 is 27.8 Å². The fourth-order valence-corrected chi connectivity index (χ4v) is 12.5. The highest BCUT2D eigenvalue weighted by Crippen LogP contribution is 2.49. The molecule has 27 unspecified atom stereocenters. The average molecular weight is 1500 g/mol. The Bertz CT molecular complexity index is 3020. The molecule has 0 aromatic heterocycles. The lowest BCUT2D eigenvalue weighted by molar-refractivity contribution is -0.376. The first kappa shape index (κ1) is 88.2. The normalized spacial score (nSPS) is 36.2. The number of amides is 5. The molecule has 103 heavy (non-hydrogen) atoms. The minimum atomic E-state index is -5.84. The van der Waals surface area contributed by atoms with Crippen LogP contribution >= 0.6 is 7.82 Å². The van der Waals surface area contributed by atoms with E-state index < -0.39 is 229 Å². The van der Waals surface area contributed by atoms with Crippen LogP contribution in [0.1, 0.15) is 107 Å². The molecule has 0 radical (unpaired) electrons. The molecule has 0 aliphatic carbocycles. The van der Waals surface area contributed by atoms with Crippen molar-refractivity contribution in [3.05, 3.63) is 59.3 Å². The Kier molecular flexibility index (Phi) is 33.8. The second-order valence-corrected chi connectivity index (χ2v) is 28.4. The maximum absolute atomic E-state index is 14.1.